The summed E-state index contributed by atoms with van der Waals surface area (Å²) in [6.07, 6.45) is 0. The lowest BCUT2D eigenvalue weighted by atomic mass is 9.86. The molecule has 0 unspecified atom stereocenters. The molecule has 132 valence electrons. The van der Waals surface area contributed by atoms with Gasteiger partial charge in [0.1, 0.15) is 0 Å². The van der Waals surface area contributed by atoms with Crippen molar-refractivity contribution in [3.05, 3.63) is 58.6 Å². The highest BCUT2D eigenvalue weighted by atomic mass is 35.5. The number of benzene rings is 2. The summed E-state index contributed by atoms with van der Waals surface area (Å²) < 4.78 is 4.67. The molecule has 0 bridgehead atoms. The van der Waals surface area contributed by atoms with Gasteiger partial charge in [0.25, 0.3) is 0 Å². The van der Waals surface area contributed by atoms with Crippen molar-refractivity contribution in [1.82, 2.24) is 0 Å². The molecule has 0 saturated heterocycles. The minimum atomic E-state index is -0.502. The number of halogens is 1. The Hall–Kier alpha value is -2.53. The number of nitrogens with one attached hydrogen (secondary N) is 2. The van der Waals surface area contributed by atoms with E-state index in [9.17, 15) is 9.59 Å². The zero-order valence-corrected chi connectivity index (χ0v) is 15.4. The molecule has 0 aromatic heterocycles. The average molecular weight is 361 g/mol. The fourth-order valence-corrected chi connectivity index (χ4v) is 2.55. The SMILES string of the molecule is COC(=O)c1ccc(Cl)c(NC(=O)Nc2ccccc2C(C)(C)C)c1. The number of hydrogen-bond acceptors (Lipinski definition) is 3. The topological polar surface area (TPSA) is 67.4 Å². The van der Waals surface area contributed by atoms with Gasteiger partial charge in [0.2, 0.25) is 0 Å². The van der Waals surface area contributed by atoms with Crippen molar-refractivity contribution >= 4 is 35.0 Å². The maximum atomic E-state index is 12.4. The molecule has 0 atom stereocenters. The Morgan fingerprint density at radius 1 is 1.00 bits per heavy atom. The van der Waals surface area contributed by atoms with Crippen molar-refractivity contribution in [2.45, 2.75) is 26.2 Å². The normalized spacial score (nSPS) is 10.9. The number of carbonyl (C=O) groups is 2. The molecule has 2 aromatic rings. The highest BCUT2D eigenvalue weighted by molar-refractivity contribution is 6.34. The fourth-order valence-electron chi connectivity index (χ4n) is 2.39. The summed E-state index contributed by atoms with van der Waals surface area (Å²) in [6, 6.07) is 11.7. The van der Waals surface area contributed by atoms with Crippen molar-refractivity contribution in [2.24, 2.45) is 0 Å². The summed E-state index contributed by atoms with van der Waals surface area (Å²) in [5.74, 6) is -0.502. The number of anilines is 2. The van der Waals surface area contributed by atoms with Crippen LogP contribution in [0.25, 0.3) is 0 Å². The van der Waals surface area contributed by atoms with Gasteiger partial charge in [-0.3, -0.25) is 0 Å². The number of esters is 1. The predicted octanol–water partition coefficient (Wildman–Crippen LogP) is 5.07. The smallest absolute Gasteiger partial charge is 0.337 e. The summed E-state index contributed by atoms with van der Waals surface area (Å²) in [4.78, 5) is 24.0. The molecule has 5 nitrogen and oxygen atoms in total. The summed E-state index contributed by atoms with van der Waals surface area (Å²) in [5.41, 5.74) is 2.24. The molecule has 2 aromatic carbocycles. The molecule has 0 fully saturated rings. The first-order chi connectivity index (χ1) is 11.7. The Morgan fingerprint density at radius 3 is 2.28 bits per heavy atom. The van der Waals surface area contributed by atoms with Crippen molar-refractivity contribution in [3.63, 3.8) is 0 Å². The van der Waals surface area contributed by atoms with Crippen LogP contribution in [0.4, 0.5) is 16.2 Å². The Morgan fingerprint density at radius 2 is 1.64 bits per heavy atom. The van der Waals surface area contributed by atoms with Gasteiger partial charge in [-0.2, -0.15) is 0 Å². The van der Waals surface area contributed by atoms with Crippen LogP contribution in [0, 0.1) is 0 Å². The van der Waals surface area contributed by atoms with Crippen molar-refractivity contribution in [3.8, 4) is 0 Å². The van der Waals surface area contributed by atoms with Crippen molar-refractivity contribution in [2.75, 3.05) is 17.7 Å². The third-order valence-electron chi connectivity index (χ3n) is 3.62. The number of para-hydroxylation sites is 1. The van der Waals surface area contributed by atoms with Crippen LogP contribution in [-0.2, 0) is 10.2 Å². The van der Waals surface area contributed by atoms with Crippen LogP contribution in [0.15, 0.2) is 42.5 Å². The van der Waals surface area contributed by atoms with Gasteiger partial charge in [0, 0.05) is 5.69 Å². The molecule has 6 heteroatoms. The van der Waals surface area contributed by atoms with Gasteiger partial charge in [0.05, 0.1) is 23.4 Å². The third-order valence-corrected chi connectivity index (χ3v) is 3.95. The van der Waals surface area contributed by atoms with Crippen LogP contribution < -0.4 is 10.6 Å². The predicted molar refractivity (Wildman–Crippen MR) is 101 cm³/mol. The van der Waals surface area contributed by atoms with Crippen LogP contribution in [0.5, 0.6) is 0 Å². The molecule has 2 amide bonds. The summed E-state index contributed by atoms with van der Waals surface area (Å²) in [6.45, 7) is 6.21. The van der Waals surface area contributed by atoms with E-state index in [1.165, 1.54) is 25.3 Å². The van der Waals surface area contributed by atoms with Crippen molar-refractivity contribution < 1.29 is 14.3 Å². The van der Waals surface area contributed by atoms with Gasteiger partial charge >= 0.3 is 12.0 Å². The van der Waals surface area contributed by atoms with Gasteiger partial charge in [-0.05, 0) is 35.2 Å². The zero-order chi connectivity index (χ0) is 18.6. The molecule has 0 saturated carbocycles. The standard InChI is InChI=1S/C19H21ClN2O3/c1-19(2,3)13-7-5-6-8-15(13)21-18(24)22-16-11-12(17(23)25-4)9-10-14(16)20/h5-11H,1-4H3,(H2,21,22,24). The van der Waals surface area contributed by atoms with E-state index in [1.54, 1.807) is 0 Å². The summed E-state index contributed by atoms with van der Waals surface area (Å²) >= 11 is 6.10. The molecule has 0 aliphatic heterocycles. The maximum Gasteiger partial charge on any atom is 0.337 e. The number of rotatable bonds is 3. The first-order valence-corrected chi connectivity index (χ1v) is 8.15. The van der Waals surface area contributed by atoms with Gasteiger partial charge in [0.15, 0.2) is 0 Å². The monoisotopic (exact) mass is 360 g/mol. The van der Waals surface area contributed by atoms with E-state index >= 15 is 0 Å². The minimum Gasteiger partial charge on any atom is -0.465 e. The number of urea groups is 1. The molecular formula is C19H21ClN2O3. The quantitative estimate of drug-likeness (QED) is 0.751. The lowest BCUT2D eigenvalue weighted by molar-refractivity contribution is 0.0600. The van der Waals surface area contributed by atoms with Gasteiger partial charge in [-0.25, -0.2) is 9.59 Å². The third kappa shape index (κ3) is 4.73. The highest BCUT2D eigenvalue weighted by Crippen LogP contribution is 2.29. The second-order valence-electron chi connectivity index (χ2n) is 6.56. The van der Waals surface area contributed by atoms with E-state index in [4.69, 9.17) is 11.6 Å². The Kier molecular flexibility index (Phi) is 5.69. The zero-order valence-electron chi connectivity index (χ0n) is 14.6. The van der Waals surface area contributed by atoms with E-state index in [2.05, 4.69) is 36.1 Å². The van der Waals surface area contributed by atoms with Crippen LogP contribution >= 0.6 is 11.6 Å². The first-order valence-electron chi connectivity index (χ1n) is 7.77. The second-order valence-corrected chi connectivity index (χ2v) is 6.97. The largest absolute Gasteiger partial charge is 0.465 e. The van der Waals surface area contributed by atoms with Gasteiger partial charge < -0.3 is 15.4 Å². The van der Waals surface area contributed by atoms with Crippen LogP contribution in [0.2, 0.25) is 5.02 Å². The molecule has 0 aliphatic rings. The number of hydrogen-bond donors (Lipinski definition) is 2. The van der Waals surface area contributed by atoms with E-state index in [0.29, 0.717) is 22.0 Å². The first kappa shape index (κ1) is 18.8. The fraction of sp³-hybridized carbons (Fsp3) is 0.263. The minimum absolute atomic E-state index is 0.119. The second kappa shape index (κ2) is 7.57. The van der Waals surface area contributed by atoms with E-state index < -0.39 is 12.0 Å². The lowest BCUT2D eigenvalue weighted by Crippen LogP contribution is -2.23. The average Bonchev–Trinajstić information content (AvgIpc) is 2.55. The van der Waals surface area contributed by atoms with E-state index in [1.807, 2.05) is 24.3 Å². The van der Waals surface area contributed by atoms with Gasteiger partial charge in [-0.1, -0.05) is 50.6 Å². The molecule has 0 heterocycles. The highest BCUT2D eigenvalue weighted by Gasteiger charge is 2.19. The van der Waals surface area contributed by atoms with Crippen molar-refractivity contribution in [1.29, 1.82) is 0 Å². The Balaban J connectivity index is 2.21. The van der Waals surface area contributed by atoms with E-state index in [-0.39, 0.29) is 5.41 Å². The molecular weight excluding hydrogens is 340 g/mol. The Bertz CT molecular complexity index is 797. The number of carbonyl (C=O) groups excluding carboxylic acids is 2. The molecule has 0 aliphatic carbocycles. The van der Waals surface area contributed by atoms with Crippen LogP contribution in [0.1, 0.15) is 36.7 Å². The van der Waals surface area contributed by atoms with Gasteiger partial charge in [-0.15, -0.1) is 0 Å². The summed E-state index contributed by atoms with van der Waals surface area (Å²) in [7, 11) is 1.29. The number of amides is 2. The number of methoxy groups -OCH3 is 1. The van der Waals surface area contributed by atoms with Crippen LogP contribution in [-0.4, -0.2) is 19.1 Å². The lowest BCUT2D eigenvalue weighted by Gasteiger charge is -2.23. The van der Waals surface area contributed by atoms with Crippen LogP contribution in [0.3, 0.4) is 0 Å². The molecule has 0 radical (unpaired) electrons. The molecule has 2 N–H and O–H groups in total. The van der Waals surface area contributed by atoms with E-state index in [0.717, 1.165) is 5.56 Å². The number of ether oxygens (including phenoxy) is 1. The maximum absolute atomic E-state index is 12.4. The Labute approximate surface area is 152 Å². The molecule has 0 spiro atoms. The summed E-state index contributed by atoms with van der Waals surface area (Å²) in [5, 5.41) is 5.82. The molecule has 25 heavy (non-hydrogen) atoms. The molecule has 2 rings (SSSR count).